The van der Waals surface area contributed by atoms with E-state index in [0.717, 1.165) is 19.4 Å². The van der Waals surface area contributed by atoms with Gasteiger partial charge in [0.15, 0.2) is 0 Å². The highest BCUT2D eigenvalue weighted by molar-refractivity contribution is 6.17. The highest BCUT2D eigenvalue weighted by atomic mass is 35.5. The van der Waals surface area contributed by atoms with Crippen LogP contribution < -0.4 is 5.32 Å². The summed E-state index contributed by atoms with van der Waals surface area (Å²) in [5.74, 6) is 2.05. The summed E-state index contributed by atoms with van der Waals surface area (Å²) in [6, 6.07) is 0. The second-order valence-electron chi connectivity index (χ2n) is 4.74. The molecule has 0 saturated heterocycles. The summed E-state index contributed by atoms with van der Waals surface area (Å²) < 4.78 is 0. The quantitative estimate of drug-likeness (QED) is 0.700. The summed E-state index contributed by atoms with van der Waals surface area (Å²) in [5, 5.41) is 3.00. The zero-order chi connectivity index (χ0) is 11.1. The van der Waals surface area contributed by atoms with Crippen molar-refractivity contribution in [1.29, 1.82) is 0 Å². The Kier molecular flexibility index (Phi) is 6.07. The van der Waals surface area contributed by atoms with Crippen LogP contribution in [0.15, 0.2) is 0 Å². The van der Waals surface area contributed by atoms with E-state index in [2.05, 4.69) is 12.2 Å². The summed E-state index contributed by atoms with van der Waals surface area (Å²) >= 11 is 5.64. The van der Waals surface area contributed by atoms with E-state index in [0.29, 0.717) is 17.7 Å². The maximum atomic E-state index is 11.6. The number of amides is 1. The van der Waals surface area contributed by atoms with Crippen molar-refractivity contribution in [2.45, 2.75) is 45.4 Å². The van der Waals surface area contributed by atoms with Crippen molar-refractivity contribution in [3.05, 3.63) is 0 Å². The van der Waals surface area contributed by atoms with E-state index in [1.807, 2.05) is 0 Å². The maximum Gasteiger partial charge on any atom is 0.220 e. The lowest BCUT2D eigenvalue weighted by molar-refractivity contribution is -0.122. The molecule has 1 unspecified atom stereocenters. The second kappa shape index (κ2) is 7.10. The topological polar surface area (TPSA) is 29.1 Å². The van der Waals surface area contributed by atoms with Crippen LogP contribution in [-0.2, 0) is 4.79 Å². The summed E-state index contributed by atoms with van der Waals surface area (Å²) in [6.07, 6.45) is 6.80. The highest BCUT2D eigenvalue weighted by Gasteiger charge is 2.18. The molecular weight excluding hydrogens is 210 g/mol. The SMILES string of the molecule is CC(CCCl)CNC(=O)CC1CCCC1. The zero-order valence-electron chi connectivity index (χ0n) is 9.60. The zero-order valence-corrected chi connectivity index (χ0v) is 10.4. The molecule has 1 rings (SSSR count). The van der Waals surface area contributed by atoms with Gasteiger partial charge in [-0.2, -0.15) is 0 Å². The van der Waals surface area contributed by atoms with Crippen LogP contribution in [0.5, 0.6) is 0 Å². The third-order valence-electron chi connectivity index (χ3n) is 3.20. The molecule has 1 atom stereocenters. The molecular formula is C12H22ClNO. The van der Waals surface area contributed by atoms with Gasteiger partial charge in [-0.05, 0) is 31.1 Å². The molecule has 3 heteroatoms. The Hall–Kier alpha value is -0.240. The van der Waals surface area contributed by atoms with Gasteiger partial charge in [-0.25, -0.2) is 0 Å². The fourth-order valence-corrected chi connectivity index (χ4v) is 2.50. The molecule has 1 aliphatic rings. The minimum absolute atomic E-state index is 0.225. The third kappa shape index (κ3) is 5.41. The first-order chi connectivity index (χ1) is 7.22. The van der Waals surface area contributed by atoms with Gasteiger partial charge in [0.2, 0.25) is 5.91 Å². The molecule has 0 aliphatic heterocycles. The largest absolute Gasteiger partial charge is 0.356 e. The number of hydrogen-bond donors (Lipinski definition) is 1. The van der Waals surface area contributed by atoms with Gasteiger partial charge in [-0.3, -0.25) is 4.79 Å². The molecule has 15 heavy (non-hydrogen) atoms. The molecule has 0 radical (unpaired) electrons. The number of carbonyl (C=O) groups excluding carboxylic acids is 1. The molecule has 0 bridgehead atoms. The van der Waals surface area contributed by atoms with Crippen LogP contribution in [0.25, 0.3) is 0 Å². The van der Waals surface area contributed by atoms with E-state index in [1.165, 1.54) is 25.7 Å². The number of nitrogens with one attached hydrogen (secondary N) is 1. The molecule has 0 spiro atoms. The van der Waals surface area contributed by atoms with E-state index in [4.69, 9.17) is 11.6 Å². The van der Waals surface area contributed by atoms with Crippen molar-refractivity contribution < 1.29 is 4.79 Å². The lowest BCUT2D eigenvalue weighted by atomic mass is 10.0. The van der Waals surface area contributed by atoms with Gasteiger partial charge < -0.3 is 5.32 Å². The average molecular weight is 232 g/mol. The van der Waals surface area contributed by atoms with E-state index in [-0.39, 0.29) is 5.91 Å². The van der Waals surface area contributed by atoms with Crippen LogP contribution >= 0.6 is 11.6 Å². The lowest BCUT2D eigenvalue weighted by Crippen LogP contribution is -2.29. The van der Waals surface area contributed by atoms with E-state index in [1.54, 1.807) is 0 Å². The van der Waals surface area contributed by atoms with Crippen molar-refractivity contribution in [1.82, 2.24) is 5.32 Å². The Balaban J connectivity index is 2.07. The van der Waals surface area contributed by atoms with Crippen LogP contribution in [0.3, 0.4) is 0 Å². The summed E-state index contributed by atoms with van der Waals surface area (Å²) in [5.41, 5.74) is 0. The number of carbonyl (C=O) groups is 1. The van der Waals surface area contributed by atoms with Crippen molar-refractivity contribution >= 4 is 17.5 Å². The molecule has 0 aromatic carbocycles. The van der Waals surface area contributed by atoms with Gasteiger partial charge in [0.1, 0.15) is 0 Å². The van der Waals surface area contributed by atoms with E-state index >= 15 is 0 Å². The van der Waals surface area contributed by atoms with Gasteiger partial charge in [-0.15, -0.1) is 11.6 Å². The van der Waals surface area contributed by atoms with Crippen LogP contribution in [0.4, 0.5) is 0 Å². The van der Waals surface area contributed by atoms with E-state index in [9.17, 15) is 4.79 Å². The first-order valence-corrected chi connectivity index (χ1v) is 6.58. The first kappa shape index (κ1) is 12.8. The molecule has 88 valence electrons. The fourth-order valence-electron chi connectivity index (χ4n) is 2.13. The number of hydrogen-bond acceptors (Lipinski definition) is 1. The molecule has 1 aliphatic carbocycles. The lowest BCUT2D eigenvalue weighted by Gasteiger charge is -2.13. The van der Waals surface area contributed by atoms with Crippen molar-refractivity contribution in [2.24, 2.45) is 11.8 Å². The van der Waals surface area contributed by atoms with Gasteiger partial charge in [0.05, 0.1) is 0 Å². The van der Waals surface area contributed by atoms with Crippen molar-refractivity contribution in [3.63, 3.8) is 0 Å². The molecule has 1 saturated carbocycles. The van der Waals surface area contributed by atoms with E-state index < -0.39 is 0 Å². The fraction of sp³-hybridized carbons (Fsp3) is 0.917. The normalized spacial score (nSPS) is 19.1. The standard InChI is InChI=1S/C12H22ClNO/c1-10(6-7-13)9-14-12(15)8-11-4-2-3-5-11/h10-11H,2-9H2,1H3,(H,14,15). The van der Waals surface area contributed by atoms with Crippen LogP contribution in [0, 0.1) is 11.8 Å². The number of halogens is 1. The predicted octanol–water partition coefficient (Wildman–Crippen LogP) is 2.95. The van der Waals surface area contributed by atoms with Gasteiger partial charge in [0.25, 0.3) is 0 Å². The summed E-state index contributed by atoms with van der Waals surface area (Å²) in [7, 11) is 0. The van der Waals surface area contributed by atoms with Gasteiger partial charge in [-0.1, -0.05) is 19.8 Å². The monoisotopic (exact) mass is 231 g/mol. The average Bonchev–Trinajstić information content (AvgIpc) is 2.68. The van der Waals surface area contributed by atoms with Gasteiger partial charge in [0, 0.05) is 18.8 Å². The summed E-state index contributed by atoms with van der Waals surface area (Å²) in [6.45, 7) is 2.90. The van der Waals surface area contributed by atoms with Crippen LogP contribution in [0.2, 0.25) is 0 Å². The van der Waals surface area contributed by atoms with Crippen LogP contribution in [-0.4, -0.2) is 18.3 Å². The minimum Gasteiger partial charge on any atom is -0.356 e. The Labute approximate surface area is 97.8 Å². The molecule has 1 N–H and O–H groups in total. The molecule has 0 aromatic heterocycles. The second-order valence-corrected chi connectivity index (χ2v) is 5.12. The third-order valence-corrected chi connectivity index (χ3v) is 3.42. The predicted molar refractivity (Wildman–Crippen MR) is 64.1 cm³/mol. The Morgan fingerprint density at radius 1 is 1.47 bits per heavy atom. The Morgan fingerprint density at radius 3 is 2.73 bits per heavy atom. The van der Waals surface area contributed by atoms with Gasteiger partial charge >= 0.3 is 0 Å². The van der Waals surface area contributed by atoms with Crippen molar-refractivity contribution in [3.8, 4) is 0 Å². The molecule has 1 fully saturated rings. The smallest absolute Gasteiger partial charge is 0.220 e. The minimum atomic E-state index is 0.225. The maximum absolute atomic E-state index is 11.6. The van der Waals surface area contributed by atoms with Crippen LogP contribution in [0.1, 0.15) is 45.4 Å². The first-order valence-electron chi connectivity index (χ1n) is 6.05. The molecule has 2 nitrogen and oxygen atoms in total. The Bertz CT molecular complexity index is 190. The van der Waals surface area contributed by atoms with Crippen molar-refractivity contribution in [2.75, 3.05) is 12.4 Å². The highest BCUT2D eigenvalue weighted by Crippen LogP contribution is 2.27. The Morgan fingerprint density at radius 2 is 2.13 bits per heavy atom. The molecule has 1 amide bonds. The number of alkyl halides is 1. The summed E-state index contributed by atoms with van der Waals surface area (Å²) in [4.78, 5) is 11.6. The number of rotatable bonds is 6. The molecule has 0 aromatic rings. The molecule has 0 heterocycles.